The van der Waals surface area contributed by atoms with E-state index in [0.29, 0.717) is 36.2 Å². The maximum Gasteiger partial charge on any atom is 0.251 e. The summed E-state index contributed by atoms with van der Waals surface area (Å²) in [6.45, 7) is 1.16. The van der Waals surface area contributed by atoms with Crippen LogP contribution in [0.15, 0.2) is 58.8 Å². The largest absolute Gasteiger partial charge is 0.497 e. The third kappa shape index (κ3) is 7.37. The van der Waals surface area contributed by atoms with E-state index in [4.69, 9.17) is 9.47 Å². The molecule has 1 aliphatic rings. The van der Waals surface area contributed by atoms with Crippen molar-refractivity contribution in [1.82, 2.24) is 14.6 Å². The number of methoxy groups -OCH3 is 1. The number of amides is 2. The number of nitrogens with zero attached hydrogens (tertiary/aromatic N) is 2. The van der Waals surface area contributed by atoms with Crippen LogP contribution in [-0.2, 0) is 19.6 Å². The molecule has 0 saturated carbocycles. The molecule has 208 valence electrons. The third-order valence-corrected chi connectivity index (χ3v) is 9.35. The summed E-state index contributed by atoms with van der Waals surface area (Å²) >= 11 is 2.84. The van der Waals surface area contributed by atoms with Gasteiger partial charge in [0.15, 0.2) is 5.13 Å². The zero-order valence-electron chi connectivity index (χ0n) is 21.6. The number of ether oxygens (including phenoxy) is 2. The normalized spacial score (nSPS) is 14.9. The number of hydrogen-bond donors (Lipinski definition) is 2. The van der Waals surface area contributed by atoms with Gasteiger partial charge < -0.3 is 20.1 Å². The molecule has 0 spiro atoms. The highest BCUT2D eigenvalue weighted by Crippen LogP contribution is 2.27. The van der Waals surface area contributed by atoms with E-state index in [1.165, 1.54) is 39.9 Å². The molecular formula is C26H30N4O6S3. The van der Waals surface area contributed by atoms with Crippen LogP contribution in [0.3, 0.4) is 0 Å². The molecule has 2 amide bonds. The molecule has 0 aliphatic carbocycles. The highest BCUT2D eigenvalue weighted by atomic mass is 32.2. The number of thioether (sulfide) groups is 1. The summed E-state index contributed by atoms with van der Waals surface area (Å²) in [7, 11) is -2.17. The smallest absolute Gasteiger partial charge is 0.251 e. The van der Waals surface area contributed by atoms with E-state index in [2.05, 4.69) is 15.6 Å². The van der Waals surface area contributed by atoms with Gasteiger partial charge in [0.2, 0.25) is 15.9 Å². The fourth-order valence-electron chi connectivity index (χ4n) is 3.90. The predicted molar refractivity (Wildman–Crippen MR) is 153 cm³/mol. The van der Waals surface area contributed by atoms with Crippen molar-refractivity contribution in [3.05, 3.63) is 59.5 Å². The first-order valence-corrected chi connectivity index (χ1v) is 15.9. The predicted octanol–water partition coefficient (Wildman–Crippen LogP) is 3.33. The Bertz CT molecular complexity index is 1390. The van der Waals surface area contributed by atoms with Crippen LogP contribution in [0.4, 0.5) is 5.13 Å². The molecule has 1 aromatic heterocycles. The molecule has 1 atom stereocenters. The molecule has 1 aliphatic heterocycles. The van der Waals surface area contributed by atoms with Crippen molar-refractivity contribution in [1.29, 1.82) is 0 Å². The summed E-state index contributed by atoms with van der Waals surface area (Å²) in [5.41, 5.74) is 1.75. The minimum Gasteiger partial charge on any atom is -0.497 e. The van der Waals surface area contributed by atoms with Gasteiger partial charge in [0, 0.05) is 29.6 Å². The van der Waals surface area contributed by atoms with E-state index in [1.807, 2.05) is 35.9 Å². The van der Waals surface area contributed by atoms with Crippen LogP contribution in [-0.4, -0.2) is 81.0 Å². The molecular weight excluding hydrogens is 561 g/mol. The first-order chi connectivity index (χ1) is 18.8. The lowest BCUT2D eigenvalue weighted by Crippen LogP contribution is -2.44. The second kappa shape index (κ2) is 13.4. The van der Waals surface area contributed by atoms with Gasteiger partial charge in [0.05, 0.1) is 30.9 Å². The lowest BCUT2D eigenvalue weighted by molar-refractivity contribution is -0.118. The Hall–Kier alpha value is -2.97. The Kier molecular flexibility index (Phi) is 9.97. The van der Waals surface area contributed by atoms with Crippen LogP contribution in [0.25, 0.3) is 11.3 Å². The zero-order valence-corrected chi connectivity index (χ0v) is 24.0. The molecule has 2 aromatic carbocycles. The lowest BCUT2D eigenvalue weighted by Gasteiger charge is -2.26. The number of thiazole rings is 1. The highest BCUT2D eigenvalue weighted by Gasteiger charge is 2.28. The van der Waals surface area contributed by atoms with Crippen LogP contribution >= 0.6 is 23.1 Å². The summed E-state index contributed by atoms with van der Waals surface area (Å²) in [5.74, 6) is 0.441. The minimum atomic E-state index is -3.77. The molecule has 10 nitrogen and oxygen atoms in total. The molecule has 0 bridgehead atoms. The topological polar surface area (TPSA) is 127 Å². The number of morpholine rings is 1. The Morgan fingerprint density at radius 1 is 1.18 bits per heavy atom. The van der Waals surface area contributed by atoms with Crippen molar-refractivity contribution in [3.63, 3.8) is 0 Å². The van der Waals surface area contributed by atoms with Crippen molar-refractivity contribution in [2.24, 2.45) is 0 Å². The van der Waals surface area contributed by atoms with Gasteiger partial charge >= 0.3 is 0 Å². The summed E-state index contributed by atoms with van der Waals surface area (Å²) < 4.78 is 37.8. The van der Waals surface area contributed by atoms with Crippen molar-refractivity contribution < 1.29 is 27.5 Å². The monoisotopic (exact) mass is 590 g/mol. The molecule has 2 heterocycles. The van der Waals surface area contributed by atoms with Gasteiger partial charge in [0.25, 0.3) is 5.91 Å². The molecule has 1 saturated heterocycles. The zero-order chi connectivity index (χ0) is 27.8. The maximum absolute atomic E-state index is 13.1. The van der Waals surface area contributed by atoms with Crippen LogP contribution in [0, 0.1) is 0 Å². The molecule has 3 aromatic rings. The summed E-state index contributed by atoms with van der Waals surface area (Å²) in [6.07, 6.45) is 2.31. The minimum absolute atomic E-state index is 0.0241. The molecule has 1 fully saturated rings. The third-order valence-electron chi connectivity index (χ3n) is 6.06. The Labute approximate surface area is 236 Å². The second-order valence-corrected chi connectivity index (χ2v) is 12.4. The Morgan fingerprint density at radius 2 is 1.92 bits per heavy atom. The van der Waals surface area contributed by atoms with Gasteiger partial charge in [0.1, 0.15) is 11.8 Å². The van der Waals surface area contributed by atoms with E-state index < -0.39 is 27.9 Å². The SMILES string of the molecule is COc1ccc(-c2csc(NC(=O)[C@H](CCSC)NC(=O)c3cccc(S(=O)(=O)N4CCOCC4)c3)n2)cc1. The van der Waals surface area contributed by atoms with Crippen LogP contribution in [0.1, 0.15) is 16.8 Å². The van der Waals surface area contributed by atoms with Crippen LogP contribution in [0.5, 0.6) is 5.75 Å². The van der Waals surface area contributed by atoms with E-state index in [-0.39, 0.29) is 23.5 Å². The number of aromatic nitrogens is 1. The fourth-order valence-corrected chi connectivity index (χ4v) is 6.55. The van der Waals surface area contributed by atoms with Gasteiger partial charge in [-0.2, -0.15) is 16.1 Å². The second-order valence-electron chi connectivity index (χ2n) is 8.61. The number of benzene rings is 2. The van der Waals surface area contributed by atoms with Crippen LogP contribution in [0.2, 0.25) is 0 Å². The standard InChI is InChI=1S/C26H30N4O6S3/c1-35-20-8-6-18(7-9-20)23-17-38-26(28-23)29-25(32)22(10-15-37-2)27-24(31)19-4-3-5-21(16-19)39(33,34)30-11-13-36-14-12-30/h3-9,16-17,22H,10-15H2,1-2H3,(H,27,31)(H,28,29,32)/t22-/m0/s1. The molecule has 0 radical (unpaired) electrons. The summed E-state index contributed by atoms with van der Waals surface area (Å²) in [6, 6.07) is 12.5. The number of nitrogens with one attached hydrogen (secondary N) is 2. The number of carbonyl (C=O) groups excluding carboxylic acids is 2. The molecule has 39 heavy (non-hydrogen) atoms. The van der Waals surface area contributed by atoms with Gasteiger partial charge in [-0.1, -0.05) is 6.07 Å². The number of anilines is 1. The molecule has 2 N–H and O–H groups in total. The maximum atomic E-state index is 13.1. The van der Waals surface area contributed by atoms with Crippen molar-refractivity contribution >= 4 is 50.1 Å². The number of sulfonamides is 1. The van der Waals surface area contributed by atoms with Gasteiger partial charge in [-0.05, 0) is 60.9 Å². The van der Waals surface area contributed by atoms with Gasteiger partial charge in [-0.15, -0.1) is 11.3 Å². The quantitative estimate of drug-likeness (QED) is 0.348. The van der Waals surface area contributed by atoms with E-state index in [1.54, 1.807) is 18.9 Å². The molecule has 4 rings (SSSR count). The van der Waals surface area contributed by atoms with Crippen LogP contribution < -0.4 is 15.4 Å². The van der Waals surface area contributed by atoms with Crippen molar-refractivity contribution in [2.75, 3.05) is 50.7 Å². The highest BCUT2D eigenvalue weighted by molar-refractivity contribution is 7.98. The number of carbonyl (C=O) groups is 2. The Morgan fingerprint density at radius 3 is 2.62 bits per heavy atom. The molecule has 0 unspecified atom stereocenters. The summed E-state index contributed by atoms with van der Waals surface area (Å²) in [4.78, 5) is 30.8. The van der Waals surface area contributed by atoms with E-state index >= 15 is 0 Å². The van der Waals surface area contributed by atoms with Gasteiger partial charge in [-0.3, -0.25) is 9.59 Å². The van der Waals surface area contributed by atoms with E-state index in [0.717, 1.165) is 11.3 Å². The van der Waals surface area contributed by atoms with Crippen molar-refractivity contribution in [2.45, 2.75) is 17.4 Å². The number of hydrogen-bond acceptors (Lipinski definition) is 9. The average molecular weight is 591 g/mol. The van der Waals surface area contributed by atoms with E-state index in [9.17, 15) is 18.0 Å². The average Bonchev–Trinajstić information content (AvgIpc) is 3.44. The van der Waals surface area contributed by atoms with Crippen molar-refractivity contribution in [3.8, 4) is 17.0 Å². The van der Waals surface area contributed by atoms with Gasteiger partial charge in [-0.25, -0.2) is 13.4 Å². The Balaban J connectivity index is 1.45. The fraction of sp³-hybridized carbons (Fsp3) is 0.346. The lowest BCUT2D eigenvalue weighted by atomic mass is 10.1. The molecule has 13 heteroatoms. The summed E-state index contributed by atoms with van der Waals surface area (Å²) in [5, 5.41) is 7.82. The first kappa shape index (κ1) is 29.0. The number of rotatable bonds is 11. The first-order valence-electron chi connectivity index (χ1n) is 12.2.